The molecule has 1 saturated heterocycles. The Hall–Kier alpha value is -2.41. The number of pyridine rings is 1. The molecule has 7 heteroatoms. The van der Waals surface area contributed by atoms with Gasteiger partial charge in [0.1, 0.15) is 6.54 Å². The second kappa shape index (κ2) is 8.31. The summed E-state index contributed by atoms with van der Waals surface area (Å²) in [4.78, 5) is 18.7. The summed E-state index contributed by atoms with van der Waals surface area (Å²) >= 11 is 5.58. The Bertz CT molecular complexity index is 832. The van der Waals surface area contributed by atoms with Gasteiger partial charge in [0.25, 0.3) is 0 Å². The van der Waals surface area contributed by atoms with Crippen LogP contribution in [0.15, 0.2) is 42.9 Å². The molecule has 2 aliphatic rings. The average Bonchev–Trinajstić information content (AvgIpc) is 3.43. The number of esters is 1. The minimum atomic E-state index is -0.270. The first kappa shape index (κ1) is 18.9. The Morgan fingerprint density at radius 3 is 2.86 bits per heavy atom. The Labute approximate surface area is 170 Å². The quantitative estimate of drug-likeness (QED) is 0.593. The first-order chi connectivity index (χ1) is 13.7. The third-order valence-corrected chi connectivity index (χ3v) is 5.98. The van der Waals surface area contributed by atoms with E-state index < -0.39 is 0 Å². The van der Waals surface area contributed by atoms with Gasteiger partial charge in [0.15, 0.2) is 5.11 Å². The van der Waals surface area contributed by atoms with E-state index in [9.17, 15) is 4.79 Å². The standard InChI is InChI=1S/C21H26N4O2S/c1-2-27-18(26)14-25-20(15-10-12-24(13-15)16-7-3-4-8-16)19(23-21(25)28)17-9-5-6-11-22-17/h5-6,9-13,16,19-20H,2-4,7-8,14H2,1H3,(H,23,28)/t19-,20-/m0/s1. The van der Waals surface area contributed by atoms with Gasteiger partial charge in [-0.05, 0) is 55.7 Å². The van der Waals surface area contributed by atoms with Gasteiger partial charge in [0.05, 0.1) is 24.4 Å². The topological polar surface area (TPSA) is 59.4 Å². The molecule has 4 rings (SSSR count). The van der Waals surface area contributed by atoms with E-state index in [0.717, 1.165) is 11.3 Å². The molecule has 0 unspecified atom stereocenters. The highest BCUT2D eigenvalue weighted by Gasteiger charge is 2.41. The highest BCUT2D eigenvalue weighted by molar-refractivity contribution is 7.80. The largest absolute Gasteiger partial charge is 0.465 e. The summed E-state index contributed by atoms with van der Waals surface area (Å²) in [6, 6.07) is 8.38. The number of rotatable bonds is 6. The number of carbonyl (C=O) groups excluding carboxylic acids is 1. The molecular weight excluding hydrogens is 372 g/mol. The normalized spacial score (nSPS) is 22.5. The number of aromatic nitrogens is 2. The van der Waals surface area contributed by atoms with Gasteiger partial charge < -0.3 is 19.5 Å². The van der Waals surface area contributed by atoms with E-state index in [1.165, 1.54) is 25.7 Å². The highest BCUT2D eigenvalue weighted by atomic mass is 32.1. The van der Waals surface area contributed by atoms with Crippen LogP contribution in [0, 0.1) is 0 Å². The zero-order valence-electron chi connectivity index (χ0n) is 16.1. The third kappa shape index (κ3) is 3.76. The predicted molar refractivity (Wildman–Crippen MR) is 111 cm³/mol. The van der Waals surface area contributed by atoms with E-state index in [4.69, 9.17) is 17.0 Å². The number of ether oxygens (including phenoxy) is 1. The summed E-state index contributed by atoms with van der Waals surface area (Å²) < 4.78 is 7.50. The Kier molecular flexibility index (Phi) is 5.62. The van der Waals surface area contributed by atoms with Crippen molar-refractivity contribution in [3.8, 4) is 0 Å². The molecule has 2 fully saturated rings. The molecule has 0 aromatic carbocycles. The molecule has 1 N–H and O–H groups in total. The second-order valence-electron chi connectivity index (χ2n) is 7.39. The van der Waals surface area contributed by atoms with Crippen LogP contribution in [0.2, 0.25) is 0 Å². The van der Waals surface area contributed by atoms with E-state index >= 15 is 0 Å². The van der Waals surface area contributed by atoms with E-state index in [1.807, 2.05) is 30.0 Å². The molecule has 2 aromatic heterocycles. The summed E-state index contributed by atoms with van der Waals surface area (Å²) in [6.45, 7) is 2.30. The first-order valence-corrected chi connectivity index (χ1v) is 10.4. The predicted octanol–water partition coefficient (Wildman–Crippen LogP) is 3.53. The molecule has 0 spiro atoms. The van der Waals surface area contributed by atoms with E-state index in [-0.39, 0.29) is 24.6 Å². The third-order valence-electron chi connectivity index (χ3n) is 5.63. The van der Waals surface area contributed by atoms with E-state index in [2.05, 4.69) is 33.3 Å². The van der Waals surface area contributed by atoms with Gasteiger partial charge in [-0.15, -0.1) is 0 Å². The molecular formula is C21H26N4O2S. The molecule has 0 bridgehead atoms. The van der Waals surface area contributed by atoms with Gasteiger partial charge >= 0.3 is 5.97 Å². The summed E-state index contributed by atoms with van der Waals surface area (Å²) in [6.07, 6.45) is 11.2. The maximum absolute atomic E-state index is 12.2. The summed E-state index contributed by atoms with van der Waals surface area (Å²) in [5.41, 5.74) is 2.05. The summed E-state index contributed by atoms with van der Waals surface area (Å²) in [5.74, 6) is -0.270. The van der Waals surface area contributed by atoms with Gasteiger partial charge in [-0.2, -0.15) is 0 Å². The minimum Gasteiger partial charge on any atom is -0.465 e. The molecule has 2 aromatic rings. The van der Waals surface area contributed by atoms with Gasteiger partial charge in [-0.3, -0.25) is 9.78 Å². The zero-order valence-corrected chi connectivity index (χ0v) is 16.9. The Morgan fingerprint density at radius 2 is 2.14 bits per heavy atom. The SMILES string of the molecule is CCOC(=O)CN1C(=S)N[C@@H](c2ccccn2)[C@@H]1c1ccn(C2CCCC2)c1. The number of hydrogen-bond donors (Lipinski definition) is 1. The van der Waals surface area contributed by atoms with Crippen LogP contribution >= 0.6 is 12.2 Å². The highest BCUT2D eigenvalue weighted by Crippen LogP contribution is 2.39. The lowest BCUT2D eigenvalue weighted by Gasteiger charge is -2.26. The van der Waals surface area contributed by atoms with E-state index in [1.54, 1.807) is 6.20 Å². The van der Waals surface area contributed by atoms with Crippen LogP contribution in [-0.4, -0.2) is 38.7 Å². The van der Waals surface area contributed by atoms with Crippen LogP contribution in [0.5, 0.6) is 0 Å². The lowest BCUT2D eigenvalue weighted by molar-refractivity contribution is -0.143. The van der Waals surface area contributed by atoms with Gasteiger partial charge in [-0.25, -0.2) is 0 Å². The molecule has 148 valence electrons. The summed E-state index contributed by atoms with van der Waals surface area (Å²) in [5, 5.41) is 3.93. The maximum Gasteiger partial charge on any atom is 0.325 e. The van der Waals surface area contributed by atoms with Crippen LogP contribution in [0.3, 0.4) is 0 Å². The van der Waals surface area contributed by atoms with Crippen molar-refractivity contribution in [1.82, 2.24) is 19.8 Å². The lowest BCUT2D eigenvalue weighted by atomic mass is 9.99. The van der Waals surface area contributed by atoms with E-state index in [0.29, 0.717) is 17.8 Å². The molecule has 2 atom stereocenters. The number of thiocarbonyl (C=S) groups is 1. The number of nitrogens with one attached hydrogen (secondary N) is 1. The monoisotopic (exact) mass is 398 g/mol. The van der Waals surface area contributed by atoms with Crippen molar-refractivity contribution in [2.75, 3.05) is 13.2 Å². The van der Waals surface area contributed by atoms with Gasteiger partial charge in [0, 0.05) is 24.6 Å². The molecule has 1 saturated carbocycles. The fourth-order valence-corrected chi connectivity index (χ4v) is 4.62. The molecule has 3 heterocycles. The fraction of sp³-hybridized carbons (Fsp3) is 0.476. The molecule has 1 aliphatic heterocycles. The Balaban J connectivity index is 1.66. The van der Waals surface area contributed by atoms with Crippen molar-refractivity contribution in [3.05, 3.63) is 54.1 Å². The first-order valence-electron chi connectivity index (χ1n) is 9.98. The van der Waals surface area contributed by atoms with Crippen molar-refractivity contribution in [2.45, 2.75) is 50.7 Å². The maximum atomic E-state index is 12.2. The van der Waals surface area contributed by atoms with Gasteiger partial charge in [0.2, 0.25) is 0 Å². The molecule has 1 aliphatic carbocycles. The number of hydrogen-bond acceptors (Lipinski definition) is 4. The smallest absolute Gasteiger partial charge is 0.325 e. The van der Waals surface area contributed by atoms with Crippen LogP contribution < -0.4 is 5.32 Å². The lowest BCUT2D eigenvalue weighted by Crippen LogP contribution is -2.35. The van der Waals surface area contributed by atoms with Crippen LogP contribution in [0.4, 0.5) is 0 Å². The van der Waals surface area contributed by atoms with Crippen molar-refractivity contribution in [1.29, 1.82) is 0 Å². The van der Waals surface area contributed by atoms with Crippen molar-refractivity contribution in [2.24, 2.45) is 0 Å². The molecule has 0 amide bonds. The van der Waals surface area contributed by atoms with Crippen LogP contribution in [0.25, 0.3) is 0 Å². The minimum absolute atomic E-state index is 0.102. The average molecular weight is 399 g/mol. The zero-order chi connectivity index (χ0) is 19.5. The molecule has 28 heavy (non-hydrogen) atoms. The summed E-state index contributed by atoms with van der Waals surface area (Å²) in [7, 11) is 0. The fourth-order valence-electron chi connectivity index (χ4n) is 4.32. The Morgan fingerprint density at radius 1 is 1.32 bits per heavy atom. The van der Waals surface area contributed by atoms with Crippen LogP contribution in [0.1, 0.15) is 62.0 Å². The van der Waals surface area contributed by atoms with Crippen molar-refractivity contribution < 1.29 is 9.53 Å². The number of carbonyl (C=O) groups is 1. The van der Waals surface area contributed by atoms with Crippen molar-refractivity contribution in [3.63, 3.8) is 0 Å². The molecule has 0 radical (unpaired) electrons. The van der Waals surface area contributed by atoms with Crippen LogP contribution in [-0.2, 0) is 9.53 Å². The number of nitrogens with zero attached hydrogens (tertiary/aromatic N) is 3. The van der Waals surface area contributed by atoms with Gasteiger partial charge in [-0.1, -0.05) is 18.9 Å². The molecule has 6 nitrogen and oxygen atoms in total. The van der Waals surface area contributed by atoms with Crippen molar-refractivity contribution >= 4 is 23.3 Å². The second-order valence-corrected chi connectivity index (χ2v) is 7.78.